The van der Waals surface area contributed by atoms with E-state index in [2.05, 4.69) is 66.0 Å². The maximum Gasteiger partial charge on any atom is 0.0794 e. The number of aromatic nitrogens is 2. The summed E-state index contributed by atoms with van der Waals surface area (Å²) < 4.78 is 0. The van der Waals surface area contributed by atoms with E-state index >= 15 is 0 Å². The summed E-state index contributed by atoms with van der Waals surface area (Å²) in [6.45, 7) is 10.0. The smallest absolute Gasteiger partial charge is 0.0794 e. The monoisotopic (exact) mass is 318 g/mol. The summed E-state index contributed by atoms with van der Waals surface area (Å²) in [7, 11) is 0. The predicted molar refractivity (Wildman–Crippen MR) is 93.1 cm³/mol. The van der Waals surface area contributed by atoms with Crippen molar-refractivity contribution in [3.8, 4) is 10.6 Å². The molecule has 0 aliphatic carbocycles. The Hall–Kier alpha value is -1.17. The number of thiophene rings is 1. The Morgan fingerprint density at radius 1 is 1.27 bits per heavy atom. The highest BCUT2D eigenvalue weighted by Gasteiger charge is 2.37. The molecule has 3 rings (SSSR count). The van der Waals surface area contributed by atoms with Gasteiger partial charge in [-0.05, 0) is 52.0 Å². The van der Waals surface area contributed by atoms with E-state index in [9.17, 15) is 0 Å². The summed E-state index contributed by atoms with van der Waals surface area (Å²) in [5.74, 6) is 0. The molecule has 1 aliphatic rings. The minimum atomic E-state index is 0.173. The van der Waals surface area contributed by atoms with Gasteiger partial charge in [0.2, 0.25) is 0 Å². The van der Waals surface area contributed by atoms with Gasteiger partial charge in [-0.3, -0.25) is 5.10 Å². The van der Waals surface area contributed by atoms with Crippen molar-refractivity contribution in [1.29, 1.82) is 0 Å². The third-order valence-corrected chi connectivity index (χ3v) is 5.14. The molecule has 1 saturated heterocycles. The molecule has 0 radical (unpaired) electrons. The molecule has 120 valence electrons. The first kappa shape index (κ1) is 15.7. The maximum absolute atomic E-state index is 4.23. The van der Waals surface area contributed by atoms with Gasteiger partial charge in [-0.15, -0.1) is 11.3 Å². The van der Waals surface area contributed by atoms with Crippen LogP contribution in [0.3, 0.4) is 0 Å². The lowest BCUT2D eigenvalue weighted by Gasteiger charge is -2.46. The van der Waals surface area contributed by atoms with Gasteiger partial charge in [0.1, 0.15) is 0 Å². The van der Waals surface area contributed by atoms with Crippen molar-refractivity contribution < 1.29 is 0 Å². The normalized spacial score (nSPS) is 21.1. The van der Waals surface area contributed by atoms with Crippen LogP contribution in [0.5, 0.6) is 0 Å². The average molecular weight is 318 g/mol. The van der Waals surface area contributed by atoms with Gasteiger partial charge in [-0.25, -0.2) is 0 Å². The van der Waals surface area contributed by atoms with Gasteiger partial charge in [0, 0.05) is 29.2 Å². The molecule has 22 heavy (non-hydrogen) atoms. The fourth-order valence-corrected chi connectivity index (χ4v) is 4.56. The zero-order chi connectivity index (χ0) is 15.8. The fraction of sp³-hybridized carbons (Fsp3) is 0.588. The molecule has 2 aromatic heterocycles. The van der Waals surface area contributed by atoms with Gasteiger partial charge < -0.3 is 10.6 Å². The first-order valence-corrected chi connectivity index (χ1v) is 8.81. The van der Waals surface area contributed by atoms with Crippen LogP contribution in [-0.4, -0.2) is 27.3 Å². The number of nitrogens with zero attached hydrogens (tertiary/aromatic N) is 1. The molecular weight excluding hydrogens is 292 g/mol. The number of hydrogen-bond acceptors (Lipinski definition) is 4. The van der Waals surface area contributed by atoms with Gasteiger partial charge in [0.15, 0.2) is 0 Å². The molecule has 2 aromatic rings. The van der Waals surface area contributed by atoms with Gasteiger partial charge >= 0.3 is 0 Å². The van der Waals surface area contributed by atoms with Gasteiger partial charge in [0.25, 0.3) is 0 Å². The molecule has 1 aliphatic heterocycles. The van der Waals surface area contributed by atoms with Crippen molar-refractivity contribution in [3.05, 3.63) is 29.3 Å². The van der Waals surface area contributed by atoms with Crippen LogP contribution in [0.1, 0.15) is 46.1 Å². The van der Waals surface area contributed by atoms with Crippen molar-refractivity contribution in [3.63, 3.8) is 0 Å². The van der Waals surface area contributed by atoms with Crippen molar-refractivity contribution >= 4 is 11.3 Å². The van der Waals surface area contributed by atoms with Gasteiger partial charge in [0.05, 0.1) is 16.8 Å². The second kappa shape index (κ2) is 5.80. The largest absolute Gasteiger partial charge is 0.310 e. The van der Waals surface area contributed by atoms with E-state index < -0.39 is 0 Å². The topological polar surface area (TPSA) is 52.7 Å². The Labute approximate surface area is 136 Å². The molecule has 1 fully saturated rings. The molecule has 0 bridgehead atoms. The van der Waals surface area contributed by atoms with Crippen LogP contribution in [-0.2, 0) is 6.54 Å². The third kappa shape index (κ3) is 3.59. The Kier molecular flexibility index (Phi) is 4.14. The highest BCUT2D eigenvalue weighted by molar-refractivity contribution is 7.13. The summed E-state index contributed by atoms with van der Waals surface area (Å²) in [6.07, 6.45) is 4.23. The van der Waals surface area contributed by atoms with Crippen LogP contribution < -0.4 is 10.6 Å². The van der Waals surface area contributed by atoms with Crippen molar-refractivity contribution in [1.82, 2.24) is 20.8 Å². The van der Waals surface area contributed by atoms with E-state index in [-0.39, 0.29) is 11.1 Å². The standard InChI is InChI=1S/C17H26N4S/c1-16(2)8-13(9-17(3,4)21-16)18-10-12-11-19-20-15(12)14-6-5-7-22-14/h5-7,11,13,18,21H,8-10H2,1-4H3,(H,19,20). The van der Waals surface area contributed by atoms with E-state index in [1.54, 1.807) is 11.3 Å². The van der Waals surface area contributed by atoms with E-state index in [1.807, 2.05) is 6.20 Å². The number of hydrogen-bond donors (Lipinski definition) is 3. The summed E-state index contributed by atoms with van der Waals surface area (Å²) in [4.78, 5) is 1.25. The molecular formula is C17H26N4S. The third-order valence-electron chi connectivity index (χ3n) is 4.26. The number of H-pyrrole nitrogens is 1. The highest BCUT2D eigenvalue weighted by Crippen LogP contribution is 2.30. The molecule has 4 nitrogen and oxygen atoms in total. The van der Waals surface area contributed by atoms with E-state index in [0.717, 1.165) is 25.1 Å². The number of aromatic amines is 1. The van der Waals surface area contributed by atoms with Gasteiger partial charge in [-0.1, -0.05) is 6.07 Å². The minimum absolute atomic E-state index is 0.173. The van der Waals surface area contributed by atoms with Crippen LogP contribution in [0.2, 0.25) is 0 Å². The van der Waals surface area contributed by atoms with Crippen molar-refractivity contribution in [2.24, 2.45) is 0 Å². The first-order valence-electron chi connectivity index (χ1n) is 7.94. The fourth-order valence-electron chi connectivity index (χ4n) is 3.80. The first-order chi connectivity index (χ1) is 10.3. The number of piperidine rings is 1. The Bertz CT molecular complexity index is 596. The quantitative estimate of drug-likeness (QED) is 0.808. The van der Waals surface area contributed by atoms with E-state index in [0.29, 0.717) is 6.04 Å². The molecule has 0 spiro atoms. The Balaban J connectivity index is 1.67. The molecule has 3 heterocycles. The molecule has 0 atom stereocenters. The summed E-state index contributed by atoms with van der Waals surface area (Å²) >= 11 is 1.75. The maximum atomic E-state index is 4.23. The lowest BCUT2D eigenvalue weighted by Crippen LogP contribution is -2.61. The lowest BCUT2D eigenvalue weighted by atomic mass is 9.79. The average Bonchev–Trinajstić information content (AvgIpc) is 3.03. The van der Waals surface area contributed by atoms with Gasteiger partial charge in [-0.2, -0.15) is 5.10 Å². The molecule has 0 saturated carbocycles. The van der Waals surface area contributed by atoms with Crippen LogP contribution in [0, 0.1) is 0 Å². The minimum Gasteiger partial charge on any atom is -0.310 e. The summed E-state index contributed by atoms with van der Waals surface area (Å²) in [5, 5.41) is 16.9. The molecule has 0 unspecified atom stereocenters. The SMILES string of the molecule is CC1(C)CC(NCc2cn[nH]c2-c2cccs2)CC(C)(C)N1. The predicted octanol–water partition coefficient (Wildman–Crippen LogP) is 3.54. The van der Waals surface area contributed by atoms with Crippen molar-refractivity contribution in [2.75, 3.05) is 0 Å². The van der Waals surface area contributed by atoms with Crippen LogP contribution >= 0.6 is 11.3 Å². The highest BCUT2D eigenvalue weighted by atomic mass is 32.1. The second-order valence-electron chi connectivity index (χ2n) is 7.63. The van der Waals surface area contributed by atoms with Crippen LogP contribution in [0.25, 0.3) is 10.6 Å². The number of rotatable bonds is 4. The zero-order valence-corrected chi connectivity index (χ0v) is 14.7. The molecule has 5 heteroatoms. The Morgan fingerprint density at radius 2 is 2.00 bits per heavy atom. The summed E-state index contributed by atoms with van der Waals surface area (Å²) in [6, 6.07) is 4.74. The molecule has 0 aromatic carbocycles. The zero-order valence-electron chi connectivity index (χ0n) is 13.9. The van der Waals surface area contributed by atoms with E-state index in [4.69, 9.17) is 0 Å². The Morgan fingerprint density at radius 3 is 2.64 bits per heavy atom. The molecule has 0 amide bonds. The molecule has 3 N–H and O–H groups in total. The second-order valence-corrected chi connectivity index (χ2v) is 8.57. The van der Waals surface area contributed by atoms with Crippen molar-refractivity contribution in [2.45, 2.75) is 64.2 Å². The van der Waals surface area contributed by atoms with E-state index in [1.165, 1.54) is 10.4 Å². The van der Waals surface area contributed by atoms with Crippen LogP contribution in [0.4, 0.5) is 0 Å². The summed E-state index contributed by atoms with van der Waals surface area (Å²) in [5.41, 5.74) is 2.74. The lowest BCUT2D eigenvalue weighted by molar-refractivity contribution is 0.145. The number of nitrogens with one attached hydrogen (secondary N) is 3. The van der Waals surface area contributed by atoms with Crippen LogP contribution in [0.15, 0.2) is 23.7 Å².